The van der Waals surface area contributed by atoms with E-state index in [9.17, 15) is 18.0 Å². The number of nitrogens with zero attached hydrogens (tertiary/aromatic N) is 2. The number of nitrogens with one attached hydrogen (secondary N) is 1. The molecular weight excluding hydrogens is 450 g/mol. The van der Waals surface area contributed by atoms with E-state index in [4.69, 9.17) is 0 Å². The highest BCUT2D eigenvalue weighted by molar-refractivity contribution is 7.92. The van der Waals surface area contributed by atoms with E-state index in [2.05, 4.69) is 5.32 Å². The van der Waals surface area contributed by atoms with Gasteiger partial charge in [-0.1, -0.05) is 36.4 Å². The number of sulfonamides is 1. The normalized spacial score (nSPS) is 12.1. The fourth-order valence-electron chi connectivity index (χ4n) is 3.99. The predicted octanol–water partition coefficient (Wildman–Crippen LogP) is 3.45. The van der Waals surface area contributed by atoms with Gasteiger partial charge in [-0.2, -0.15) is 0 Å². The van der Waals surface area contributed by atoms with E-state index >= 15 is 0 Å². The van der Waals surface area contributed by atoms with Gasteiger partial charge in [0.1, 0.15) is 6.04 Å². The van der Waals surface area contributed by atoms with Crippen LogP contribution in [-0.4, -0.2) is 57.1 Å². The topological polar surface area (TPSA) is 86.8 Å². The van der Waals surface area contributed by atoms with Gasteiger partial charge in [0.05, 0.1) is 11.9 Å². The maximum Gasteiger partial charge on any atom is 0.242 e. The van der Waals surface area contributed by atoms with Crippen LogP contribution in [0.2, 0.25) is 0 Å². The van der Waals surface area contributed by atoms with Crippen LogP contribution in [0.1, 0.15) is 43.4 Å². The number of amides is 2. The summed E-state index contributed by atoms with van der Waals surface area (Å²) < 4.78 is 26.3. The molecule has 1 N–H and O–H groups in total. The molecule has 0 unspecified atom stereocenters. The summed E-state index contributed by atoms with van der Waals surface area (Å²) in [6, 6.07) is 14.9. The molecule has 0 aliphatic heterocycles. The quantitative estimate of drug-likeness (QED) is 0.497. The lowest BCUT2D eigenvalue weighted by molar-refractivity contribution is -0.139. The number of rotatable bonds is 12. The molecule has 2 aromatic carbocycles. The monoisotopic (exact) mass is 487 g/mol. The Bertz CT molecular complexity index is 1050. The molecule has 2 aromatic rings. The van der Waals surface area contributed by atoms with Crippen LogP contribution in [-0.2, 0) is 26.0 Å². The molecule has 186 valence electrons. The summed E-state index contributed by atoms with van der Waals surface area (Å²) in [6.45, 7) is 8.51. The molecule has 2 rings (SSSR count). The zero-order chi connectivity index (χ0) is 25.3. The molecule has 1 atom stereocenters. The molecule has 0 fully saturated rings. The van der Waals surface area contributed by atoms with Crippen molar-refractivity contribution in [2.24, 2.45) is 0 Å². The van der Waals surface area contributed by atoms with E-state index < -0.39 is 16.1 Å². The number of carbonyl (C=O) groups excluding carboxylic acids is 2. The van der Waals surface area contributed by atoms with Crippen LogP contribution in [0.15, 0.2) is 48.5 Å². The second kappa shape index (κ2) is 12.6. The summed E-state index contributed by atoms with van der Waals surface area (Å²) in [5.41, 5.74) is 3.63. The largest absolute Gasteiger partial charge is 0.355 e. The van der Waals surface area contributed by atoms with Crippen molar-refractivity contribution >= 4 is 27.5 Å². The van der Waals surface area contributed by atoms with Crippen LogP contribution < -0.4 is 9.62 Å². The van der Waals surface area contributed by atoms with E-state index in [-0.39, 0.29) is 24.8 Å². The van der Waals surface area contributed by atoms with Gasteiger partial charge in [-0.25, -0.2) is 8.42 Å². The van der Waals surface area contributed by atoms with Crippen LogP contribution in [0, 0.1) is 13.8 Å². The number of benzene rings is 2. The Balaban J connectivity index is 2.11. The zero-order valence-electron chi connectivity index (χ0n) is 20.9. The Hall–Kier alpha value is -2.87. The third-order valence-electron chi connectivity index (χ3n) is 5.65. The second-order valence-electron chi connectivity index (χ2n) is 8.68. The number of hydrogen-bond acceptors (Lipinski definition) is 4. The van der Waals surface area contributed by atoms with Gasteiger partial charge in [0.2, 0.25) is 21.8 Å². The van der Waals surface area contributed by atoms with Gasteiger partial charge < -0.3 is 10.2 Å². The Labute approximate surface area is 204 Å². The van der Waals surface area contributed by atoms with Gasteiger partial charge >= 0.3 is 0 Å². The summed E-state index contributed by atoms with van der Waals surface area (Å²) in [5, 5.41) is 2.78. The maximum atomic E-state index is 13.2. The molecule has 0 saturated carbocycles. The summed E-state index contributed by atoms with van der Waals surface area (Å²) in [5.74, 6) is -0.361. The molecule has 7 nitrogen and oxygen atoms in total. The van der Waals surface area contributed by atoms with Crippen LogP contribution >= 0.6 is 0 Å². The minimum atomic E-state index is -3.51. The predicted molar refractivity (Wildman–Crippen MR) is 137 cm³/mol. The Morgan fingerprint density at radius 2 is 1.62 bits per heavy atom. The van der Waals surface area contributed by atoms with E-state index in [1.807, 2.05) is 69.3 Å². The molecule has 0 aliphatic rings. The van der Waals surface area contributed by atoms with Crippen molar-refractivity contribution in [3.05, 3.63) is 65.2 Å². The van der Waals surface area contributed by atoms with Gasteiger partial charge in [0.15, 0.2) is 0 Å². The average molecular weight is 488 g/mol. The van der Waals surface area contributed by atoms with Crippen molar-refractivity contribution in [1.29, 1.82) is 0 Å². The molecule has 0 spiro atoms. The lowest BCUT2D eigenvalue weighted by Gasteiger charge is -2.29. The van der Waals surface area contributed by atoms with E-state index in [1.165, 1.54) is 10.6 Å². The lowest BCUT2D eigenvalue weighted by Crippen LogP contribution is -2.48. The molecule has 0 bridgehead atoms. The molecule has 2 amide bonds. The Kier molecular flexibility index (Phi) is 10.1. The first-order valence-corrected chi connectivity index (χ1v) is 13.5. The third-order valence-corrected chi connectivity index (χ3v) is 6.84. The van der Waals surface area contributed by atoms with E-state index in [0.717, 1.165) is 16.7 Å². The van der Waals surface area contributed by atoms with E-state index in [0.29, 0.717) is 31.6 Å². The average Bonchev–Trinajstić information content (AvgIpc) is 2.76. The van der Waals surface area contributed by atoms with Crippen molar-refractivity contribution in [3.63, 3.8) is 0 Å². The van der Waals surface area contributed by atoms with Gasteiger partial charge in [0.25, 0.3) is 0 Å². The number of hydrogen-bond donors (Lipinski definition) is 1. The van der Waals surface area contributed by atoms with Crippen molar-refractivity contribution in [2.45, 2.75) is 53.0 Å². The fourth-order valence-corrected chi connectivity index (χ4v) is 4.94. The lowest BCUT2D eigenvalue weighted by atomic mass is 10.1. The Morgan fingerprint density at radius 3 is 2.18 bits per heavy atom. The van der Waals surface area contributed by atoms with Crippen molar-refractivity contribution in [3.8, 4) is 0 Å². The molecular formula is C26H37N3O4S. The number of carbonyl (C=O) groups is 2. The SMILES string of the molecule is CCNC(=O)[C@@H](C)N(CCc1ccccc1)C(=O)CCCN(c1cc(C)cc(C)c1)S(C)(=O)=O. The van der Waals surface area contributed by atoms with Gasteiger partial charge in [-0.15, -0.1) is 0 Å². The van der Waals surface area contributed by atoms with Gasteiger partial charge in [0, 0.05) is 26.1 Å². The third kappa shape index (κ3) is 8.17. The summed E-state index contributed by atoms with van der Waals surface area (Å²) >= 11 is 0. The number of aryl methyl sites for hydroxylation is 2. The smallest absolute Gasteiger partial charge is 0.242 e. The summed E-state index contributed by atoms with van der Waals surface area (Å²) in [7, 11) is -3.51. The first-order valence-electron chi connectivity index (χ1n) is 11.7. The number of anilines is 1. The van der Waals surface area contributed by atoms with Gasteiger partial charge in [-0.05, 0) is 69.4 Å². The fraction of sp³-hybridized carbons (Fsp3) is 0.462. The second-order valence-corrected chi connectivity index (χ2v) is 10.6. The molecule has 0 saturated heterocycles. The molecule has 8 heteroatoms. The first-order chi connectivity index (χ1) is 16.0. The van der Waals surface area contributed by atoms with Crippen molar-refractivity contribution in [2.75, 3.05) is 30.2 Å². The molecule has 0 aliphatic carbocycles. The minimum Gasteiger partial charge on any atom is -0.355 e. The number of likely N-dealkylation sites (N-methyl/N-ethyl adjacent to an activating group) is 1. The maximum absolute atomic E-state index is 13.2. The Morgan fingerprint density at radius 1 is 1.00 bits per heavy atom. The van der Waals surface area contributed by atoms with Crippen LogP contribution in [0.3, 0.4) is 0 Å². The van der Waals surface area contributed by atoms with Gasteiger partial charge in [-0.3, -0.25) is 13.9 Å². The first kappa shape index (κ1) is 27.4. The highest BCUT2D eigenvalue weighted by Crippen LogP contribution is 2.22. The van der Waals surface area contributed by atoms with E-state index in [1.54, 1.807) is 11.8 Å². The van der Waals surface area contributed by atoms with Crippen molar-refractivity contribution in [1.82, 2.24) is 10.2 Å². The zero-order valence-corrected chi connectivity index (χ0v) is 21.7. The van der Waals surface area contributed by atoms with Crippen LogP contribution in [0.4, 0.5) is 5.69 Å². The van der Waals surface area contributed by atoms with Crippen molar-refractivity contribution < 1.29 is 18.0 Å². The highest BCUT2D eigenvalue weighted by Gasteiger charge is 2.26. The molecule has 34 heavy (non-hydrogen) atoms. The molecule has 0 heterocycles. The highest BCUT2D eigenvalue weighted by atomic mass is 32.2. The molecule has 0 aromatic heterocycles. The summed E-state index contributed by atoms with van der Waals surface area (Å²) in [4.78, 5) is 27.2. The van der Waals surface area contributed by atoms with Crippen LogP contribution in [0.25, 0.3) is 0 Å². The minimum absolute atomic E-state index is 0.148. The standard InChI is InChI=1S/C26H37N3O4S/c1-6-27-26(31)22(4)28(16-14-23-11-8-7-9-12-23)25(30)13-10-15-29(34(5,32)33)24-18-20(2)17-21(3)19-24/h7-9,11-12,17-19,22H,6,10,13-16H2,1-5H3,(H,27,31)/t22-/m1/s1. The summed E-state index contributed by atoms with van der Waals surface area (Å²) in [6.07, 6.45) is 2.31. The molecule has 0 radical (unpaired) electrons. The van der Waals surface area contributed by atoms with Crippen LogP contribution in [0.5, 0.6) is 0 Å².